The van der Waals surface area contributed by atoms with Gasteiger partial charge in [-0.2, -0.15) is 10.4 Å². The van der Waals surface area contributed by atoms with Crippen molar-refractivity contribution in [1.82, 2.24) is 19.5 Å². The summed E-state index contributed by atoms with van der Waals surface area (Å²) in [6, 6.07) is 10.3. The van der Waals surface area contributed by atoms with Crippen LogP contribution in [-0.4, -0.2) is 45.0 Å². The maximum Gasteiger partial charge on any atom is 0.254 e. The summed E-state index contributed by atoms with van der Waals surface area (Å²) >= 11 is 0. The van der Waals surface area contributed by atoms with Crippen molar-refractivity contribution in [2.75, 3.05) is 24.5 Å². The van der Waals surface area contributed by atoms with Crippen molar-refractivity contribution in [2.24, 2.45) is 5.92 Å². The number of anilines is 1. The van der Waals surface area contributed by atoms with E-state index in [1.807, 2.05) is 60.6 Å². The van der Waals surface area contributed by atoms with Crippen LogP contribution in [0.1, 0.15) is 64.5 Å². The summed E-state index contributed by atoms with van der Waals surface area (Å²) in [6.07, 6.45) is 5.89. The molecule has 2 atom stereocenters. The Morgan fingerprint density at radius 1 is 1.12 bits per heavy atom. The Labute approximate surface area is 194 Å². The summed E-state index contributed by atoms with van der Waals surface area (Å²) in [5.41, 5.74) is 5.69. The van der Waals surface area contributed by atoms with Gasteiger partial charge in [0.1, 0.15) is 5.82 Å². The van der Waals surface area contributed by atoms with Gasteiger partial charge < -0.3 is 9.80 Å². The van der Waals surface area contributed by atoms with Gasteiger partial charge in [0.25, 0.3) is 5.91 Å². The number of carbonyl (C=O) groups is 1. The number of amides is 1. The molecular formula is C26H30N6O. The van der Waals surface area contributed by atoms with Crippen molar-refractivity contribution in [3.63, 3.8) is 0 Å². The maximum atomic E-state index is 13.6. The standard InChI is InChI=1S/C26H30N6O/c1-17-7-6-8-21(19(17)3)26(33)31-11-5-4-9-23(31)22-13-24-28-25(18(2)15-32(24)29-22)30-12-10-20(14-27)16-30/h6-8,13,15,20,23H,4-5,9-12,16H2,1-3H3. The van der Waals surface area contributed by atoms with E-state index in [1.165, 1.54) is 0 Å². The molecule has 1 aromatic carbocycles. The average Bonchev–Trinajstić information content (AvgIpc) is 3.46. The Morgan fingerprint density at radius 2 is 1.97 bits per heavy atom. The molecule has 2 aliphatic heterocycles. The average molecular weight is 443 g/mol. The lowest BCUT2D eigenvalue weighted by atomic mass is 9.96. The van der Waals surface area contributed by atoms with E-state index >= 15 is 0 Å². The van der Waals surface area contributed by atoms with E-state index in [4.69, 9.17) is 10.1 Å². The molecule has 7 nitrogen and oxygen atoms in total. The zero-order chi connectivity index (χ0) is 23.1. The highest BCUT2D eigenvalue weighted by atomic mass is 16.2. The maximum absolute atomic E-state index is 13.6. The van der Waals surface area contributed by atoms with Gasteiger partial charge in [-0.3, -0.25) is 4.79 Å². The van der Waals surface area contributed by atoms with Crippen LogP contribution in [0.3, 0.4) is 0 Å². The normalized spacial score (nSPS) is 20.9. The molecule has 2 aliphatic rings. The predicted octanol–water partition coefficient (Wildman–Crippen LogP) is 4.37. The lowest BCUT2D eigenvalue weighted by Crippen LogP contribution is -2.39. The van der Waals surface area contributed by atoms with Gasteiger partial charge in [-0.25, -0.2) is 9.50 Å². The minimum Gasteiger partial charge on any atom is -0.355 e. The van der Waals surface area contributed by atoms with E-state index < -0.39 is 0 Å². The fourth-order valence-corrected chi connectivity index (χ4v) is 5.18. The number of hydrogen-bond donors (Lipinski definition) is 0. The third-order valence-electron chi connectivity index (χ3n) is 7.23. The fourth-order valence-electron chi connectivity index (χ4n) is 5.18. The van der Waals surface area contributed by atoms with Crippen LogP contribution < -0.4 is 4.90 Å². The first kappa shape index (κ1) is 21.4. The molecule has 3 aromatic rings. The van der Waals surface area contributed by atoms with Crippen LogP contribution in [0.15, 0.2) is 30.5 Å². The number of fused-ring (bicyclic) bond motifs is 1. The number of nitrogens with zero attached hydrogens (tertiary/aromatic N) is 6. The number of aromatic nitrogens is 3. The van der Waals surface area contributed by atoms with Crippen LogP contribution in [0.25, 0.3) is 5.65 Å². The highest BCUT2D eigenvalue weighted by Gasteiger charge is 2.32. The lowest BCUT2D eigenvalue weighted by Gasteiger charge is -2.35. The molecule has 0 N–H and O–H groups in total. The second-order valence-electron chi connectivity index (χ2n) is 9.44. The van der Waals surface area contributed by atoms with Gasteiger partial charge in [0.2, 0.25) is 0 Å². The molecule has 0 aliphatic carbocycles. The first-order valence-electron chi connectivity index (χ1n) is 11.8. The quantitative estimate of drug-likeness (QED) is 0.602. The van der Waals surface area contributed by atoms with Crippen LogP contribution >= 0.6 is 0 Å². The van der Waals surface area contributed by atoms with Crippen LogP contribution in [0.4, 0.5) is 5.82 Å². The summed E-state index contributed by atoms with van der Waals surface area (Å²) in [6.45, 7) is 8.43. The number of nitriles is 1. The van der Waals surface area contributed by atoms with E-state index in [-0.39, 0.29) is 17.9 Å². The third kappa shape index (κ3) is 3.84. The van der Waals surface area contributed by atoms with Crippen molar-refractivity contribution in [1.29, 1.82) is 5.26 Å². The molecular weight excluding hydrogens is 412 g/mol. The Hall–Kier alpha value is -3.40. The summed E-state index contributed by atoms with van der Waals surface area (Å²) in [5.74, 6) is 1.08. The number of benzene rings is 1. The highest BCUT2D eigenvalue weighted by Crippen LogP contribution is 2.33. The van der Waals surface area contributed by atoms with Gasteiger partial charge in [0.05, 0.1) is 23.7 Å². The van der Waals surface area contributed by atoms with Gasteiger partial charge in [-0.15, -0.1) is 0 Å². The molecule has 0 spiro atoms. The molecule has 2 saturated heterocycles. The molecule has 0 bridgehead atoms. The van der Waals surface area contributed by atoms with Crippen molar-refractivity contribution in [3.8, 4) is 6.07 Å². The van der Waals surface area contributed by atoms with Gasteiger partial charge in [-0.1, -0.05) is 12.1 Å². The van der Waals surface area contributed by atoms with E-state index in [0.717, 1.165) is 84.7 Å². The smallest absolute Gasteiger partial charge is 0.254 e. The molecule has 7 heteroatoms. The molecule has 170 valence electrons. The second-order valence-corrected chi connectivity index (χ2v) is 9.44. The molecule has 2 aromatic heterocycles. The number of rotatable bonds is 3. The SMILES string of the molecule is Cc1cn2nc(C3CCCCN3C(=O)c3cccc(C)c3C)cc2nc1N1CCC(C#N)C1. The van der Waals surface area contributed by atoms with Crippen molar-refractivity contribution in [3.05, 3.63) is 58.4 Å². The first-order chi connectivity index (χ1) is 16.0. The predicted molar refractivity (Wildman–Crippen MR) is 127 cm³/mol. The lowest BCUT2D eigenvalue weighted by molar-refractivity contribution is 0.0605. The largest absolute Gasteiger partial charge is 0.355 e. The molecule has 2 unspecified atom stereocenters. The zero-order valence-corrected chi connectivity index (χ0v) is 19.6. The van der Waals surface area contributed by atoms with Crippen LogP contribution in [0.2, 0.25) is 0 Å². The monoisotopic (exact) mass is 442 g/mol. The minimum absolute atomic E-state index is 0.0497. The van der Waals surface area contributed by atoms with E-state index in [9.17, 15) is 10.1 Å². The molecule has 0 saturated carbocycles. The topological polar surface area (TPSA) is 77.5 Å². The Balaban J connectivity index is 1.47. The van der Waals surface area contributed by atoms with Crippen molar-refractivity contribution < 1.29 is 4.79 Å². The minimum atomic E-state index is -0.0497. The molecule has 1 amide bonds. The Kier molecular flexibility index (Phi) is 5.53. The first-order valence-corrected chi connectivity index (χ1v) is 11.8. The third-order valence-corrected chi connectivity index (χ3v) is 7.23. The summed E-state index contributed by atoms with van der Waals surface area (Å²) in [4.78, 5) is 22.7. The summed E-state index contributed by atoms with van der Waals surface area (Å²) in [5, 5.41) is 14.1. The number of carbonyl (C=O) groups excluding carboxylic acids is 1. The number of aryl methyl sites for hydroxylation is 2. The van der Waals surface area contributed by atoms with Crippen molar-refractivity contribution >= 4 is 17.4 Å². The Morgan fingerprint density at radius 3 is 2.76 bits per heavy atom. The summed E-state index contributed by atoms with van der Waals surface area (Å²) in [7, 11) is 0. The van der Waals surface area contributed by atoms with Crippen LogP contribution in [0, 0.1) is 38.0 Å². The molecule has 5 rings (SSSR count). The van der Waals surface area contributed by atoms with Gasteiger partial charge in [-0.05, 0) is 63.6 Å². The van der Waals surface area contributed by atoms with Crippen LogP contribution in [0.5, 0.6) is 0 Å². The summed E-state index contributed by atoms with van der Waals surface area (Å²) < 4.78 is 1.83. The highest BCUT2D eigenvalue weighted by molar-refractivity contribution is 5.96. The van der Waals surface area contributed by atoms with Crippen LogP contribution in [-0.2, 0) is 0 Å². The second kappa shape index (κ2) is 8.51. The fraction of sp³-hybridized carbons (Fsp3) is 0.462. The molecule has 2 fully saturated rings. The molecule has 0 radical (unpaired) electrons. The zero-order valence-electron chi connectivity index (χ0n) is 19.6. The van der Waals surface area contributed by atoms with Crippen molar-refractivity contribution in [2.45, 2.75) is 52.5 Å². The van der Waals surface area contributed by atoms with E-state index in [2.05, 4.69) is 11.0 Å². The number of likely N-dealkylation sites (tertiary alicyclic amines) is 1. The molecule has 33 heavy (non-hydrogen) atoms. The number of hydrogen-bond acceptors (Lipinski definition) is 5. The van der Waals surface area contributed by atoms with Gasteiger partial charge in [0.15, 0.2) is 5.65 Å². The van der Waals surface area contributed by atoms with E-state index in [1.54, 1.807) is 0 Å². The number of piperidine rings is 1. The van der Waals surface area contributed by atoms with E-state index in [0.29, 0.717) is 0 Å². The Bertz CT molecular complexity index is 1260. The molecule has 4 heterocycles. The van der Waals surface area contributed by atoms with Gasteiger partial charge >= 0.3 is 0 Å². The van der Waals surface area contributed by atoms with Gasteiger partial charge in [0, 0.05) is 43.0 Å².